The van der Waals surface area contributed by atoms with Gasteiger partial charge in [-0.15, -0.1) is 0 Å². The molecular formula is C21H18FN5O. The van der Waals surface area contributed by atoms with E-state index in [2.05, 4.69) is 15.0 Å². The molecule has 0 aliphatic carbocycles. The average Bonchev–Trinajstić information content (AvgIpc) is 2.69. The molecule has 2 aromatic carbocycles. The minimum Gasteiger partial charge on any atom is -0.457 e. The van der Waals surface area contributed by atoms with Gasteiger partial charge < -0.3 is 16.6 Å². The fourth-order valence-electron chi connectivity index (χ4n) is 2.62. The van der Waals surface area contributed by atoms with E-state index in [4.69, 9.17) is 10.5 Å². The highest BCUT2D eigenvalue weighted by Gasteiger charge is 2.08. The van der Waals surface area contributed by atoms with Crippen molar-refractivity contribution in [3.63, 3.8) is 0 Å². The van der Waals surface area contributed by atoms with Crippen LogP contribution in [-0.4, -0.2) is 15.0 Å². The first-order valence-electron chi connectivity index (χ1n) is 8.26. The Hall–Kier alpha value is -3.84. The third-order valence-electron chi connectivity index (χ3n) is 3.92. The summed E-state index contributed by atoms with van der Waals surface area (Å²) in [6, 6.07) is 19.0. The molecule has 0 amide bonds. The largest absolute Gasteiger partial charge is 0.457 e. The fourth-order valence-corrected chi connectivity index (χ4v) is 2.62. The Morgan fingerprint density at radius 2 is 1.21 bits per heavy atom. The van der Waals surface area contributed by atoms with Crippen molar-refractivity contribution in [2.75, 3.05) is 5.73 Å². The van der Waals surface area contributed by atoms with Crippen molar-refractivity contribution in [2.24, 2.45) is 0 Å². The molecule has 6 nitrogen and oxygen atoms in total. The standard InChI is InChI=1S/C21H15FN4O.H3N/c22-16-5-1-14(2-6-16)19-13-20(26-21(23)25-19)15-3-7-17(8-4-15)27-18-9-11-24-12-10-18;/h1-13H,(H2,23,25,26);1H3. The first-order chi connectivity index (χ1) is 13.2. The molecule has 5 N–H and O–H groups in total. The minimum absolute atomic E-state index is 0. The van der Waals surface area contributed by atoms with Crippen LogP contribution in [0.15, 0.2) is 79.1 Å². The molecule has 140 valence electrons. The highest BCUT2D eigenvalue weighted by molar-refractivity contribution is 5.69. The zero-order chi connectivity index (χ0) is 18.6. The van der Waals surface area contributed by atoms with Gasteiger partial charge in [-0.3, -0.25) is 4.98 Å². The molecule has 0 aliphatic rings. The number of hydrogen-bond donors (Lipinski definition) is 2. The lowest BCUT2D eigenvalue weighted by Crippen LogP contribution is -1.98. The van der Waals surface area contributed by atoms with Crippen molar-refractivity contribution in [3.05, 3.63) is 84.9 Å². The van der Waals surface area contributed by atoms with Crippen LogP contribution in [0.3, 0.4) is 0 Å². The highest BCUT2D eigenvalue weighted by atomic mass is 19.1. The van der Waals surface area contributed by atoms with Gasteiger partial charge in [0.05, 0.1) is 11.4 Å². The van der Waals surface area contributed by atoms with E-state index in [-0.39, 0.29) is 17.9 Å². The van der Waals surface area contributed by atoms with Crippen LogP contribution in [0.1, 0.15) is 0 Å². The van der Waals surface area contributed by atoms with Gasteiger partial charge in [0.15, 0.2) is 0 Å². The van der Waals surface area contributed by atoms with E-state index in [9.17, 15) is 4.39 Å². The number of nitrogen functional groups attached to an aromatic ring is 1. The van der Waals surface area contributed by atoms with Crippen LogP contribution in [0, 0.1) is 5.82 Å². The zero-order valence-electron chi connectivity index (χ0n) is 14.9. The molecule has 0 aliphatic heterocycles. The smallest absolute Gasteiger partial charge is 0.221 e. The number of pyridine rings is 1. The molecule has 0 spiro atoms. The van der Waals surface area contributed by atoms with Gasteiger partial charge in [-0.05, 0) is 66.7 Å². The molecule has 0 radical (unpaired) electrons. The Labute approximate surface area is 161 Å². The van der Waals surface area contributed by atoms with Crippen LogP contribution in [0.5, 0.6) is 11.5 Å². The van der Waals surface area contributed by atoms with E-state index >= 15 is 0 Å². The van der Waals surface area contributed by atoms with Gasteiger partial charge in [-0.25, -0.2) is 14.4 Å². The maximum atomic E-state index is 13.1. The molecule has 0 bridgehead atoms. The summed E-state index contributed by atoms with van der Waals surface area (Å²) in [7, 11) is 0. The Morgan fingerprint density at radius 3 is 1.79 bits per heavy atom. The molecule has 4 aromatic rings. The summed E-state index contributed by atoms with van der Waals surface area (Å²) in [5.41, 5.74) is 8.82. The maximum Gasteiger partial charge on any atom is 0.221 e. The molecular weight excluding hydrogens is 357 g/mol. The van der Waals surface area contributed by atoms with Crippen molar-refractivity contribution in [1.82, 2.24) is 21.1 Å². The number of rotatable bonds is 4. The van der Waals surface area contributed by atoms with Crippen LogP contribution < -0.4 is 16.6 Å². The number of halogens is 1. The lowest BCUT2D eigenvalue weighted by atomic mass is 10.1. The summed E-state index contributed by atoms with van der Waals surface area (Å²) < 4.78 is 18.9. The lowest BCUT2D eigenvalue weighted by molar-refractivity contribution is 0.482. The van der Waals surface area contributed by atoms with Crippen molar-refractivity contribution in [2.45, 2.75) is 0 Å². The summed E-state index contributed by atoms with van der Waals surface area (Å²) in [5.74, 6) is 1.27. The van der Waals surface area contributed by atoms with Gasteiger partial charge in [0.25, 0.3) is 0 Å². The van der Waals surface area contributed by atoms with Gasteiger partial charge in [0.1, 0.15) is 17.3 Å². The number of nitrogens with two attached hydrogens (primary N) is 1. The topological polar surface area (TPSA) is 109 Å². The summed E-state index contributed by atoms with van der Waals surface area (Å²) >= 11 is 0. The number of nitrogens with zero attached hydrogens (tertiary/aromatic N) is 3. The van der Waals surface area contributed by atoms with Gasteiger partial charge in [-0.1, -0.05) is 0 Å². The molecule has 0 fully saturated rings. The summed E-state index contributed by atoms with van der Waals surface area (Å²) in [6.45, 7) is 0. The second-order valence-corrected chi connectivity index (χ2v) is 5.81. The predicted octanol–water partition coefficient (Wildman–Crippen LogP) is 4.88. The van der Waals surface area contributed by atoms with Crippen LogP contribution in [0.2, 0.25) is 0 Å². The number of aromatic nitrogens is 3. The number of anilines is 1. The molecule has 2 aromatic heterocycles. The third-order valence-corrected chi connectivity index (χ3v) is 3.92. The average molecular weight is 375 g/mol. The predicted molar refractivity (Wildman–Crippen MR) is 107 cm³/mol. The second-order valence-electron chi connectivity index (χ2n) is 5.81. The molecule has 7 heteroatoms. The maximum absolute atomic E-state index is 13.1. The third kappa shape index (κ3) is 4.28. The van der Waals surface area contributed by atoms with Gasteiger partial charge >= 0.3 is 0 Å². The number of ether oxygens (including phenoxy) is 1. The molecule has 0 atom stereocenters. The molecule has 0 saturated heterocycles. The SMILES string of the molecule is N.Nc1nc(-c2ccc(F)cc2)cc(-c2ccc(Oc3ccncc3)cc2)n1. The monoisotopic (exact) mass is 375 g/mol. The molecule has 28 heavy (non-hydrogen) atoms. The molecule has 0 saturated carbocycles. The van der Waals surface area contributed by atoms with E-state index in [1.54, 1.807) is 36.7 Å². The first kappa shape index (κ1) is 18.9. The zero-order valence-corrected chi connectivity index (χ0v) is 14.9. The van der Waals surface area contributed by atoms with E-state index in [1.165, 1.54) is 12.1 Å². The van der Waals surface area contributed by atoms with Crippen molar-refractivity contribution < 1.29 is 9.13 Å². The normalized spacial score (nSPS) is 10.2. The number of hydrogen-bond acceptors (Lipinski definition) is 6. The van der Waals surface area contributed by atoms with E-state index in [0.717, 1.165) is 11.1 Å². The highest BCUT2D eigenvalue weighted by Crippen LogP contribution is 2.27. The Balaban J connectivity index is 0.00000225. The fraction of sp³-hybridized carbons (Fsp3) is 0. The van der Waals surface area contributed by atoms with E-state index in [1.807, 2.05) is 30.3 Å². The Bertz CT molecular complexity index is 1050. The van der Waals surface area contributed by atoms with Gasteiger partial charge in [0, 0.05) is 23.5 Å². The summed E-state index contributed by atoms with van der Waals surface area (Å²) in [4.78, 5) is 12.5. The summed E-state index contributed by atoms with van der Waals surface area (Å²) in [6.07, 6.45) is 3.34. The Morgan fingerprint density at radius 1 is 0.714 bits per heavy atom. The van der Waals surface area contributed by atoms with E-state index in [0.29, 0.717) is 22.9 Å². The van der Waals surface area contributed by atoms with Crippen molar-refractivity contribution in [3.8, 4) is 34.0 Å². The van der Waals surface area contributed by atoms with Crippen LogP contribution in [-0.2, 0) is 0 Å². The Kier molecular flexibility index (Phi) is 5.57. The van der Waals surface area contributed by atoms with Crippen LogP contribution in [0.4, 0.5) is 10.3 Å². The second kappa shape index (κ2) is 8.24. The molecule has 2 heterocycles. The van der Waals surface area contributed by atoms with Gasteiger partial charge in [0.2, 0.25) is 5.95 Å². The van der Waals surface area contributed by atoms with Gasteiger partial charge in [-0.2, -0.15) is 0 Å². The van der Waals surface area contributed by atoms with Crippen molar-refractivity contribution in [1.29, 1.82) is 0 Å². The minimum atomic E-state index is -0.300. The lowest BCUT2D eigenvalue weighted by Gasteiger charge is -2.08. The van der Waals surface area contributed by atoms with Crippen LogP contribution >= 0.6 is 0 Å². The summed E-state index contributed by atoms with van der Waals surface area (Å²) in [5, 5.41) is 0. The number of benzene rings is 2. The molecule has 0 unspecified atom stereocenters. The van der Waals surface area contributed by atoms with E-state index < -0.39 is 0 Å². The first-order valence-corrected chi connectivity index (χ1v) is 8.26. The quantitative estimate of drug-likeness (QED) is 0.526. The van der Waals surface area contributed by atoms with Crippen molar-refractivity contribution >= 4 is 5.95 Å². The molecule has 4 rings (SSSR count). The van der Waals surface area contributed by atoms with Crippen LogP contribution in [0.25, 0.3) is 22.5 Å².